The summed E-state index contributed by atoms with van der Waals surface area (Å²) in [4.78, 5) is 25.7. The summed E-state index contributed by atoms with van der Waals surface area (Å²) in [6, 6.07) is -0.0573. The van der Waals surface area contributed by atoms with E-state index in [4.69, 9.17) is 5.73 Å². The first-order chi connectivity index (χ1) is 9.54. The van der Waals surface area contributed by atoms with Crippen molar-refractivity contribution < 1.29 is 9.59 Å². The Morgan fingerprint density at radius 1 is 1.33 bits per heavy atom. The third-order valence-electron chi connectivity index (χ3n) is 3.42. The Morgan fingerprint density at radius 2 is 2.05 bits per heavy atom. The van der Waals surface area contributed by atoms with Gasteiger partial charge in [0.15, 0.2) is 0 Å². The molecule has 3 amide bonds. The maximum Gasteiger partial charge on any atom is 0.317 e. The molecule has 0 radical (unpaired) electrons. The van der Waals surface area contributed by atoms with Crippen molar-refractivity contribution in [1.29, 1.82) is 0 Å². The fraction of sp³-hybridized carbons (Fsp3) is 0.857. The van der Waals surface area contributed by atoms with Crippen molar-refractivity contribution in [2.24, 2.45) is 17.6 Å². The third-order valence-corrected chi connectivity index (χ3v) is 3.42. The van der Waals surface area contributed by atoms with Crippen LogP contribution in [-0.4, -0.2) is 49.6 Å². The number of nitrogens with one attached hydrogen (secondary N) is 2. The number of piperidine rings is 1. The van der Waals surface area contributed by atoms with Gasteiger partial charge in [0.05, 0.1) is 5.92 Å². The molecule has 0 aromatic carbocycles. The summed E-state index contributed by atoms with van der Waals surface area (Å²) >= 11 is 0. The highest BCUT2D eigenvalue weighted by Crippen LogP contribution is 2.16. The van der Waals surface area contributed by atoms with E-state index in [0.717, 1.165) is 25.8 Å². The Hall–Kier alpha value is -1.01. The smallest absolute Gasteiger partial charge is 0.317 e. The second-order valence-electron chi connectivity index (χ2n) is 5.80. The Labute approximate surface area is 133 Å². The molecular weight excluding hydrogens is 292 g/mol. The quantitative estimate of drug-likeness (QED) is 0.637. The molecule has 1 fully saturated rings. The minimum absolute atomic E-state index is 0. The van der Waals surface area contributed by atoms with Gasteiger partial charge >= 0.3 is 6.03 Å². The van der Waals surface area contributed by atoms with Gasteiger partial charge in [-0.25, -0.2) is 4.79 Å². The van der Waals surface area contributed by atoms with E-state index in [0.29, 0.717) is 32.1 Å². The van der Waals surface area contributed by atoms with Gasteiger partial charge in [-0.3, -0.25) is 4.79 Å². The number of urea groups is 1. The average Bonchev–Trinajstić information content (AvgIpc) is 2.45. The van der Waals surface area contributed by atoms with Crippen molar-refractivity contribution in [3.05, 3.63) is 0 Å². The molecule has 7 heteroatoms. The first kappa shape index (κ1) is 20.0. The summed E-state index contributed by atoms with van der Waals surface area (Å²) < 4.78 is 0. The zero-order valence-corrected chi connectivity index (χ0v) is 13.9. The van der Waals surface area contributed by atoms with Crippen molar-refractivity contribution in [3.8, 4) is 0 Å². The number of carbonyl (C=O) groups is 2. The highest BCUT2D eigenvalue weighted by Gasteiger charge is 2.28. The zero-order chi connectivity index (χ0) is 15.0. The van der Waals surface area contributed by atoms with Gasteiger partial charge < -0.3 is 21.3 Å². The largest absolute Gasteiger partial charge is 0.356 e. The zero-order valence-electron chi connectivity index (χ0n) is 13.1. The summed E-state index contributed by atoms with van der Waals surface area (Å²) in [7, 11) is 0. The molecule has 0 aromatic rings. The monoisotopic (exact) mass is 320 g/mol. The van der Waals surface area contributed by atoms with E-state index in [1.807, 2.05) is 0 Å². The Kier molecular flexibility index (Phi) is 10.2. The number of hydrogen-bond donors (Lipinski definition) is 3. The Morgan fingerprint density at radius 3 is 2.67 bits per heavy atom. The highest BCUT2D eigenvalue weighted by atomic mass is 35.5. The van der Waals surface area contributed by atoms with Gasteiger partial charge in [-0.2, -0.15) is 0 Å². The standard InChI is InChI=1S/C14H28N4O2.ClH/c1-11(2)9-17-14(20)18-8-3-5-12(10-18)13(19)16-7-4-6-15;/h11-12H,3-10,15H2,1-2H3,(H,16,19)(H,17,20);1H. The maximum atomic E-state index is 12.0. The molecular formula is C14H29ClN4O2. The van der Waals surface area contributed by atoms with E-state index in [1.54, 1.807) is 4.90 Å². The van der Waals surface area contributed by atoms with Gasteiger partial charge in [0.2, 0.25) is 5.91 Å². The van der Waals surface area contributed by atoms with Crippen molar-refractivity contribution in [1.82, 2.24) is 15.5 Å². The van der Waals surface area contributed by atoms with Crippen molar-refractivity contribution in [3.63, 3.8) is 0 Å². The van der Waals surface area contributed by atoms with Crippen LogP contribution in [0.25, 0.3) is 0 Å². The molecule has 0 bridgehead atoms. The van der Waals surface area contributed by atoms with E-state index in [-0.39, 0.29) is 30.3 Å². The van der Waals surface area contributed by atoms with Crippen LogP contribution in [0.3, 0.4) is 0 Å². The molecule has 0 spiro atoms. The molecule has 1 rings (SSSR count). The van der Waals surface area contributed by atoms with Gasteiger partial charge in [0, 0.05) is 26.2 Å². The SMILES string of the molecule is CC(C)CNC(=O)N1CCCC(C(=O)NCCCN)C1.Cl. The number of halogens is 1. The molecule has 0 aliphatic carbocycles. The lowest BCUT2D eigenvalue weighted by molar-refractivity contribution is -0.126. The first-order valence-electron chi connectivity index (χ1n) is 7.55. The molecule has 6 nitrogen and oxygen atoms in total. The summed E-state index contributed by atoms with van der Waals surface area (Å²) in [6.45, 7) is 7.23. The second-order valence-corrected chi connectivity index (χ2v) is 5.80. The predicted octanol–water partition coefficient (Wildman–Crippen LogP) is 0.951. The van der Waals surface area contributed by atoms with Gasteiger partial charge in [-0.15, -0.1) is 12.4 Å². The number of nitrogens with zero attached hydrogens (tertiary/aromatic N) is 1. The molecule has 0 aromatic heterocycles. The van der Waals surface area contributed by atoms with Gasteiger partial charge in [0.1, 0.15) is 0 Å². The molecule has 4 N–H and O–H groups in total. The average molecular weight is 321 g/mol. The summed E-state index contributed by atoms with van der Waals surface area (Å²) in [5.41, 5.74) is 5.40. The fourth-order valence-corrected chi connectivity index (χ4v) is 2.24. The third kappa shape index (κ3) is 7.52. The summed E-state index contributed by atoms with van der Waals surface area (Å²) in [5.74, 6) is 0.380. The van der Waals surface area contributed by atoms with E-state index >= 15 is 0 Å². The normalized spacial score (nSPS) is 18.1. The van der Waals surface area contributed by atoms with Gasteiger partial charge in [-0.1, -0.05) is 13.8 Å². The van der Waals surface area contributed by atoms with Crippen LogP contribution in [0.15, 0.2) is 0 Å². The van der Waals surface area contributed by atoms with E-state index in [1.165, 1.54) is 0 Å². The van der Waals surface area contributed by atoms with E-state index in [9.17, 15) is 9.59 Å². The molecule has 0 saturated carbocycles. The number of rotatable bonds is 6. The number of nitrogens with two attached hydrogens (primary N) is 1. The molecule has 1 aliphatic heterocycles. The second kappa shape index (κ2) is 10.7. The number of carbonyl (C=O) groups excluding carboxylic acids is 2. The molecule has 1 saturated heterocycles. The lowest BCUT2D eigenvalue weighted by Crippen LogP contribution is -2.49. The molecule has 124 valence electrons. The van der Waals surface area contributed by atoms with Crippen LogP contribution < -0.4 is 16.4 Å². The van der Waals surface area contributed by atoms with Crippen LogP contribution >= 0.6 is 12.4 Å². The van der Waals surface area contributed by atoms with Crippen molar-refractivity contribution in [2.45, 2.75) is 33.1 Å². The Balaban J connectivity index is 0.00000400. The van der Waals surface area contributed by atoms with E-state index in [2.05, 4.69) is 24.5 Å². The van der Waals surface area contributed by atoms with Crippen LogP contribution in [0.2, 0.25) is 0 Å². The maximum absolute atomic E-state index is 12.0. The van der Waals surface area contributed by atoms with Gasteiger partial charge in [-0.05, 0) is 31.7 Å². The molecule has 1 unspecified atom stereocenters. The molecule has 21 heavy (non-hydrogen) atoms. The fourth-order valence-electron chi connectivity index (χ4n) is 2.24. The Bertz CT molecular complexity index is 326. The molecule has 1 aliphatic rings. The molecule has 1 atom stereocenters. The van der Waals surface area contributed by atoms with Crippen LogP contribution in [0, 0.1) is 11.8 Å². The van der Waals surface area contributed by atoms with E-state index < -0.39 is 0 Å². The lowest BCUT2D eigenvalue weighted by Gasteiger charge is -2.32. The minimum Gasteiger partial charge on any atom is -0.356 e. The predicted molar refractivity (Wildman–Crippen MR) is 86.5 cm³/mol. The van der Waals surface area contributed by atoms with Gasteiger partial charge in [0.25, 0.3) is 0 Å². The highest BCUT2D eigenvalue weighted by molar-refractivity contribution is 5.85. The summed E-state index contributed by atoms with van der Waals surface area (Å²) in [5, 5.41) is 5.79. The lowest BCUT2D eigenvalue weighted by atomic mass is 9.97. The topological polar surface area (TPSA) is 87.5 Å². The first-order valence-corrected chi connectivity index (χ1v) is 7.55. The number of amides is 3. The minimum atomic E-state index is -0.0914. The van der Waals surface area contributed by atoms with Crippen LogP contribution in [0.1, 0.15) is 33.1 Å². The van der Waals surface area contributed by atoms with Crippen LogP contribution in [-0.2, 0) is 4.79 Å². The summed E-state index contributed by atoms with van der Waals surface area (Å²) in [6.07, 6.45) is 2.52. The van der Waals surface area contributed by atoms with Crippen LogP contribution in [0.5, 0.6) is 0 Å². The van der Waals surface area contributed by atoms with Crippen molar-refractivity contribution >= 4 is 24.3 Å². The number of likely N-dealkylation sites (tertiary alicyclic amines) is 1. The number of hydrogen-bond acceptors (Lipinski definition) is 3. The molecule has 1 heterocycles. The van der Waals surface area contributed by atoms with Crippen molar-refractivity contribution in [2.75, 3.05) is 32.7 Å². The van der Waals surface area contributed by atoms with Crippen LogP contribution in [0.4, 0.5) is 4.79 Å².